The van der Waals surface area contributed by atoms with Gasteiger partial charge in [-0.1, -0.05) is 6.92 Å². The normalized spacial score (nSPS) is 29.3. The van der Waals surface area contributed by atoms with Crippen LogP contribution in [0.2, 0.25) is 0 Å². The molecule has 14 heavy (non-hydrogen) atoms. The molecule has 0 aromatic carbocycles. The summed E-state index contributed by atoms with van der Waals surface area (Å²) in [6.45, 7) is 5.32. The second kappa shape index (κ2) is 4.53. The molecule has 1 aliphatic rings. The highest BCUT2D eigenvalue weighted by atomic mass is 32.2. The molecule has 4 heteroatoms. The molecular weight excluding hydrogens is 198 g/mol. The molecule has 0 aromatic rings. The van der Waals surface area contributed by atoms with Crippen molar-refractivity contribution in [1.29, 1.82) is 0 Å². The van der Waals surface area contributed by atoms with Crippen LogP contribution in [0.15, 0.2) is 0 Å². The standard InChI is InChI=1S/C10H19NO2S/c1-8(12)9(13)11-5-4-10(2,6-11)7-14-3/h8,12H,4-7H2,1-3H3. The maximum absolute atomic E-state index is 11.5. The van der Waals surface area contributed by atoms with Gasteiger partial charge in [-0.15, -0.1) is 0 Å². The first-order chi connectivity index (χ1) is 6.48. The van der Waals surface area contributed by atoms with E-state index in [4.69, 9.17) is 0 Å². The molecule has 0 bridgehead atoms. The Labute approximate surface area is 89.9 Å². The number of aliphatic hydroxyl groups excluding tert-OH is 1. The highest BCUT2D eigenvalue weighted by Gasteiger charge is 2.36. The summed E-state index contributed by atoms with van der Waals surface area (Å²) < 4.78 is 0. The minimum atomic E-state index is -0.855. The molecule has 0 spiro atoms. The molecule has 1 amide bonds. The van der Waals surface area contributed by atoms with Crippen LogP contribution in [0.3, 0.4) is 0 Å². The van der Waals surface area contributed by atoms with E-state index < -0.39 is 6.10 Å². The van der Waals surface area contributed by atoms with E-state index >= 15 is 0 Å². The van der Waals surface area contributed by atoms with Crippen molar-refractivity contribution in [2.75, 3.05) is 25.1 Å². The zero-order valence-corrected chi connectivity index (χ0v) is 9.93. The van der Waals surface area contributed by atoms with Gasteiger partial charge in [0.25, 0.3) is 5.91 Å². The summed E-state index contributed by atoms with van der Waals surface area (Å²) in [6, 6.07) is 0. The number of rotatable bonds is 3. The lowest BCUT2D eigenvalue weighted by Crippen LogP contribution is -2.37. The van der Waals surface area contributed by atoms with E-state index in [9.17, 15) is 9.90 Å². The molecule has 3 nitrogen and oxygen atoms in total. The van der Waals surface area contributed by atoms with Gasteiger partial charge in [0.2, 0.25) is 0 Å². The number of hydrogen-bond acceptors (Lipinski definition) is 3. The van der Waals surface area contributed by atoms with Crippen molar-refractivity contribution in [3.63, 3.8) is 0 Å². The average Bonchev–Trinajstić information content (AvgIpc) is 2.47. The van der Waals surface area contributed by atoms with Crippen molar-refractivity contribution >= 4 is 17.7 Å². The fourth-order valence-electron chi connectivity index (χ4n) is 1.94. The van der Waals surface area contributed by atoms with Gasteiger partial charge in [-0.05, 0) is 25.0 Å². The fraction of sp³-hybridized carbons (Fsp3) is 0.900. The van der Waals surface area contributed by atoms with Crippen molar-refractivity contribution in [2.45, 2.75) is 26.4 Å². The Balaban J connectivity index is 2.52. The topological polar surface area (TPSA) is 40.5 Å². The zero-order chi connectivity index (χ0) is 10.8. The largest absolute Gasteiger partial charge is 0.384 e. The summed E-state index contributed by atoms with van der Waals surface area (Å²) in [5, 5.41) is 9.18. The second-order valence-electron chi connectivity index (χ2n) is 4.43. The maximum atomic E-state index is 11.5. The molecule has 0 aliphatic carbocycles. The van der Waals surface area contributed by atoms with Crippen LogP contribution < -0.4 is 0 Å². The third-order valence-corrected chi connectivity index (χ3v) is 3.71. The van der Waals surface area contributed by atoms with E-state index in [1.54, 1.807) is 4.90 Å². The van der Waals surface area contributed by atoms with Crippen molar-refractivity contribution < 1.29 is 9.90 Å². The van der Waals surface area contributed by atoms with E-state index in [1.807, 2.05) is 11.8 Å². The van der Waals surface area contributed by atoms with Gasteiger partial charge in [-0.25, -0.2) is 0 Å². The lowest BCUT2D eigenvalue weighted by molar-refractivity contribution is -0.138. The molecular formula is C10H19NO2S. The SMILES string of the molecule is CSCC1(C)CCN(C(=O)C(C)O)C1. The summed E-state index contributed by atoms with van der Waals surface area (Å²) in [4.78, 5) is 13.3. The van der Waals surface area contributed by atoms with E-state index in [-0.39, 0.29) is 11.3 Å². The predicted octanol–water partition coefficient (Wildman–Crippen LogP) is 0.969. The Hall–Kier alpha value is -0.220. The number of hydrogen-bond donors (Lipinski definition) is 1. The number of nitrogens with zero attached hydrogens (tertiary/aromatic N) is 1. The zero-order valence-electron chi connectivity index (χ0n) is 9.12. The Morgan fingerprint density at radius 2 is 2.36 bits per heavy atom. The molecule has 82 valence electrons. The molecule has 1 fully saturated rings. The van der Waals surface area contributed by atoms with Gasteiger partial charge in [0.1, 0.15) is 6.10 Å². The molecule has 2 unspecified atom stereocenters. The van der Waals surface area contributed by atoms with Crippen LogP contribution in [0.4, 0.5) is 0 Å². The number of aliphatic hydroxyl groups is 1. The Morgan fingerprint density at radius 1 is 1.71 bits per heavy atom. The van der Waals surface area contributed by atoms with E-state index in [0.717, 1.165) is 25.3 Å². The highest BCUT2D eigenvalue weighted by Crippen LogP contribution is 2.32. The van der Waals surface area contributed by atoms with Crippen molar-refractivity contribution in [3.05, 3.63) is 0 Å². The Morgan fingerprint density at radius 3 is 2.86 bits per heavy atom. The predicted molar refractivity (Wildman–Crippen MR) is 59.4 cm³/mol. The van der Waals surface area contributed by atoms with Gasteiger partial charge in [-0.2, -0.15) is 11.8 Å². The van der Waals surface area contributed by atoms with E-state index in [0.29, 0.717) is 0 Å². The van der Waals surface area contributed by atoms with Gasteiger partial charge in [-0.3, -0.25) is 4.79 Å². The first kappa shape index (κ1) is 11.9. The summed E-state index contributed by atoms with van der Waals surface area (Å²) in [5.41, 5.74) is 0.240. The minimum Gasteiger partial charge on any atom is -0.384 e. The molecule has 1 N–H and O–H groups in total. The van der Waals surface area contributed by atoms with Crippen LogP contribution in [0.5, 0.6) is 0 Å². The maximum Gasteiger partial charge on any atom is 0.251 e. The van der Waals surface area contributed by atoms with Gasteiger partial charge in [0.15, 0.2) is 0 Å². The lowest BCUT2D eigenvalue weighted by Gasteiger charge is -2.24. The van der Waals surface area contributed by atoms with Gasteiger partial charge in [0.05, 0.1) is 0 Å². The van der Waals surface area contributed by atoms with Crippen LogP contribution in [0, 0.1) is 5.41 Å². The fourth-order valence-corrected chi connectivity index (χ4v) is 2.87. The first-order valence-corrected chi connectivity index (χ1v) is 6.34. The van der Waals surface area contributed by atoms with Crippen molar-refractivity contribution in [3.8, 4) is 0 Å². The molecule has 1 rings (SSSR count). The monoisotopic (exact) mass is 217 g/mol. The van der Waals surface area contributed by atoms with Crippen LogP contribution in [0.25, 0.3) is 0 Å². The number of likely N-dealkylation sites (tertiary alicyclic amines) is 1. The molecule has 1 aliphatic heterocycles. The van der Waals surface area contributed by atoms with Crippen molar-refractivity contribution in [2.24, 2.45) is 5.41 Å². The first-order valence-electron chi connectivity index (χ1n) is 4.94. The molecule has 0 aromatic heterocycles. The van der Waals surface area contributed by atoms with Crippen LogP contribution in [0.1, 0.15) is 20.3 Å². The summed E-state index contributed by atoms with van der Waals surface area (Å²) in [5.74, 6) is 0.950. The van der Waals surface area contributed by atoms with Crippen molar-refractivity contribution in [1.82, 2.24) is 4.90 Å². The quantitative estimate of drug-likeness (QED) is 0.766. The van der Waals surface area contributed by atoms with Gasteiger partial charge < -0.3 is 10.0 Å². The summed E-state index contributed by atoms with van der Waals surface area (Å²) in [7, 11) is 0. The average molecular weight is 217 g/mol. The van der Waals surface area contributed by atoms with Crippen LogP contribution >= 0.6 is 11.8 Å². The molecule has 2 atom stereocenters. The number of carbonyl (C=O) groups excluding carboxylic acids is 1. The third-order valence-electron chi connectivity index (χ3n) is 2.72. The lowest BCUT2D eigenvalue weighted by atomic mass is 9.93. The molecule has 0 saturated carbocycles. The van der Waals surface area contributed by atoms with Gasteiger partial charge >= 0.3 is 0 Å². The third kappa shape index (κ3) is 2.64. The van der Waals surface area contributed by atoms with Crippen LogP contribution in [-0.2, 0) is 4.79 Å². The van der Waals surface area contributed by atoms with Gasteiger partial charge in [0, 0.05) is 18.8 Å². The summed E-state index contributed by atoms with van der Waals surface area (Å²) in [6.07, 6.45) is 2.28. The summed E-state index contributed by atoms with van der Waals surface area (Å²) >= 11 is 1.82. The Kier molecular flexibility index (Phi) is 3.84. The number of thioether (sulfide) groups is 1. The highest BCUT2D eigenvalue weighted by molar-refractivity contribution is 7.98. The smallest absolute Gasteiger partial charge is 0.251 e. The Bertz CT molecular complexity index is 220. The van der Waals surface area contributed by atoms with E-state index in [1.165, 1.54) is 6.92 Å². The molecule has 1 saturated heterocycles. The number of carbonyl (C=O) groups is 1. The second-order valence-corrected chi connectivity index (χ2v) is 5.30. The number of amides is 1. The molecule has 1 heterocycles. The molecule has 0 radical (unpaired) electrons. The van der Waals surface area contributed by atoms with Crippen LogP contribution in [-0.4, -0.2) is 47.1 Å². The minimum absolute atomic E-state index is 0.130. The van der Waals surface area contributed by atoms with E-state index in [2.05, 4.69) is 13.2 Å².